The largest absolute Gasteiger partial charge is 0.311 e. The highest BCUT2D eigenvalue weighted by atomic mass is 32.2. The van der Waals surface area contributed by atoms with Crippen LogP contribution in [0.5, 0.6) is 0 Å². The minimum atomic E-state index is -2.88. The molecule has 0 bridgehead atoms. The fourth-order valence-electron chi connectivity index (χ4n) is 0.804. The van der Waals surface area contributed by atoms with Crippen molar-refractivity contribution >= 4 is 9.84 Å². The lowest BCUT2D eigenvalue weighted by Gasteiger charge is -2.20. The first kappa shape index (κ1) is 12.9. The van der Waals surface area contributed by atoms with E-state index in [9.17, 15) is 8.42 Å². The lowest BCUT2D eigenvalue weighted by molar-refractivity contribution is 0.438. The Morgan fingerprint density at radius 1 is 1.23 bits per heavy atom. The topological polar surface area (TPSA) is 46.2 Å². The van der Waals surface area contributed by atoms with Gasteiger partial charge in [-0.25, -0.2) is 8.42 Å². The maximum absolute atomic E-state index is 11.4. The van der Waals surface area contributed by atoms with Crippen LogP contribution >= 0.6 is 0 Å². The Kier molecular flexibility index (Phi) is 4.39. The van der Waals surface area contributed by atoms with Crippen molar-refractivity contribution < 1.29 is 8.42 Å². The molecule has 0 aliphatic rings. The van der Waals surface area contributed by atoms with Gasteiger partial charge in [-0.1, -0.05) is 0 Å². The van der Waals surface area contributed by atoms with Gasteiger partial charge in [-0.2, -0.15) is 0 Å². The van der Waals surface area contributed by atoms with E-state index in [2.05, 4.69) is 5.32 Å². The summed E-state index contributed by atoms with van der Waals surface area (Å²) in [6, 6.07) is 0. The number of hydrogen-bond acceptors (Lipinski definition) is 3. The quantitative estimate of drug-likeness (QED) is 0.753. The number of nitrogens with one attached hydrogen (secondary N) is 1. The van der Waals surface area contributed by atoms with Crippen LogP contribution in [0, 0.1) is 0 Å². The second-order valence-electron chi connectivity index (χ2n) is 4.59. The average Bonchev–Trinajstić information content (AvgIpc) is 1.82. The smallest absolute Gasteiger partial charge is 0.153 e. The van der Waals surface area contributed by atoms with Crippen LogP contribution < -0.4 is 5.32 Å². The molecular formula is C9H21NO2S. The lowest BCUT2D eigenvalue weighted by Crippen LogP contribution is -2.39. The van der Waals surface area contributed by atoms with Gasteiger partial charge in [0, 0.05) is 12.1 Å². The van der Waals surface area contributed by atoms with Crippen LogP contribution in [0.2, 0.25) is 0 Å². The first-order chi connectivity index (χ1) is 5.65. The van der Waals surface area contributed by atoms with Gasteiger partial charge in [-0.3, -0.25) is 0 Å². The molecule has 0 spiro atoms. The van der Waals surface area contributed by atoms with Crippen molar-refractivity contribution in [3.8, 4) is 0 Å². The summed E-state index contributed by atoms with van der Waals surface area (Å²) in [6.07, 6.45) is 0. The minimum Gasteiger partial charge on any atom is -0.311 e. The minimum absolute atomic E-state index is 0.00744. The van der Waals surface area contributed by atoms with Crippen molar-refractivity contribution in [1.82, 2.24) is 5.32 Å². The summed E-state index contributed by atoms with van der Waals surface area (Å²) >= 11 is 0. The summed E-state index contributed by atoms with van der Waals surface area (Å²) in [6.45, 7) is 10.0. The number of hydrogen-bond donors (Lipinski definition) is 1. The molecule has 13 heavy (non-hydrogen) atoms. The van der Waals surface area contributed by atoms with Crippen molar-refractivity contribution in [3.05, 3.63) is 0 Å². The van der Waals surface area contributed by atoms with Gasteiger partial charge in [0.25, 0.3) is 0 Å². The highest BCUT2D eigenvalue weighted by Gasteiger charge is 2.17. The first-order valence-electron chi connectivity index (χ1n) is 4.62. The van der Waals surface area contributed by atoms with Crippen LogP contribution in [0.1, 0.15) is 34.6 Å². The summed E-state index contributed by atoms with van der Waals surface area (Å²) < 4.78 is 22.8. The molecule has 0 atom stereocenters. The first-order valence-corrected chi connectivity index (χ1v) is 6.33. The standard InChI is InChI=1S/C9H21NO2S/c1-8(2)13(11,12)7-6-10-9(3,4)5/h8,10H,6-7H2,1-5H3. The zero-order chi connectivity index (χ0) is 10.7. The van der Waals surface area contributed by atoms with E-state index in [4.69, 9.17) is 0 Å². The zero-order valence-electron chi connectivity index (χ0n) is 9.22. The van der Waals surface area contributed by atoms with E-state index in [0.29, 0.717) is 6.54 Å². The molecule has 0 unspecified atom stereocenters. The predicted octanol–water partition coefficient (Wildman–Crippen LogP) is 1.20. The molecule has 0 fully saturated rings. The van der Waals surface area contributed by atoms with Crippen LogP contribution in [0.15, 0.2) is 0 Å². The third-order valence-electron chi connectivity index (χ3n) is 1.76. The second kappa shape index (κ2) is 4.42. The van der Waals surface area contributed by atoms with Crippen LogP contribution in [0.4, 0.5) is 0 Å². The fraction of sp³-hybridized carbons (Fsp3) is 1.00. The molecule has 80 valence electrons. The summed E-state index contributed by atoms with van der Waals surface area (Å²) in [4.78, 5) is 0. The van der Waals surface area contributed by atoms with E-state index in [1.807, 2.05) is 20.8 Å². The molecule has 0 amide bonds. The predicted molar refractivity (Wildman–Crippen MR) is 56.7 cm³/mol. The highest BCUT2D eigenvalue weighted by molar-refractivity contribution is 7.92. The second-order valence-corrected chi connectivity index (χ2v) is 7.27. The van der Waals surface area contributed by atoms with Crippen LogP contribution in [-0.2, 0) is 9.84 Å². The lowest BCUT2D eigenvalue weighted by atomic mass is 10.1. The van der Waals surface area contributed by atoms with E-state index in [1.165, 1.54) is 0 Å². The summed E-state index contributed by atoms with van der Waals surface area (Å²) in [5.74, 6) is 0.224. The molecule has 0 aliphatic heterocycles. The molecule has 0 rings (SSSR count). The van der Waals surface area contributed by atoms with Gasteiger partial charge in [-0.05, 0) is 34.6 Å². The van der Waals surface area contributed by atoms with E-state index < -0.39 is 9.84 Å². The molecule has 0 aromatic carbocycles. The van der Waals surface area contributed by atoms with E-state index in [-0.39, 0.29) is 16.5 Å². The van der Waals surface area contributed by atoms with Gasteiger partial charge in [0.05, 0.1) is 11.0 Å². The number of sulfone groups is 1. The Balaban J connectivity index is 3.92. The van der Waals surface area contributed by atoms with Crippen molar-refractivity contribution in [1.29, 1.82) is 0 Å². The molecule has 0 saturated carbocycles. The monoisotopic (exact) mass is 207 g/mol. The van der Waals surface area contributed by atoms with Crippen molar-refractivity contribution in [2.24, 2.45) is 0 Å². The van der Waals surface area contributed by atoms with Gasteiger partial charge in [0.15, 0.2) is 9.84 Å². The summed E-state index contributed by atoms with van der Waals surface area (Å²) in [5, 5.41) is 2.88. The molecule has 3 nitrogen and oxygen atoms in total. The SMILES string of the molecule is CC(C)S(=O)(=O)CCNC(C)(C)C. The van der Waals surface area contributed by atoms with Crippen LogP contribution in [0.25, 0.3) is 0 Å². The zero-order valence-corrected chi connectivity index (χ0v) is 10.0. The molecule has 0 heterocycles. The summed E-state index contributed by atoms with van der Waals surface area (Å²) in [7, 11) is -2.88. The molecule has 0 aromatic rings. The van der Waals surface area contributed by atoms with Crippen molar-refractivity contribution in [2.75, 3.05) is 12.3 Å². The maximum atomic E-state index is 11.4. The van der Waals surface area contributed by atoms with Crippen LogP contribution in [0.3, 0.4) is 0 Å². The van der Waals surface area contributed by atoms with E-state index in [1.54, 1.807) is 13.8 Å². The normalized spacial score (nSPS) is 13.7. The Morgan fingerprint density at radius 2 is 1.69 bits per heavy atom. The molecule has 4 heteroatoms. The Hall–Kier alpha value is -0.0900. The molecule has 1 N–H and O–H groups in total. The Morgan fingerprint density at radius 3 is 2.00 bits per heavy atom. The van der Waals surface area contributed by atoms with Gasteiger partial charge >= 0.3 is 0 Å². The molecule has 0 saturated heterocycles. The third kappa shape index (κ3) is 6.05. The van der Waals surface area contributed by atoms with Crippen LogP contribution in [-0.4, -0.2) is 31.5 Å². The number of rotatable bonds is 4. The van der Waals surface area contributed by atoms with Crippen molar-refractivity contribution in [3.63, 3.8) is 0 Å². The molecule has 0 radical (unpaired) electrons. The van der Waals surface area contributed by atoms with Gasteiger partial charge in [-0.15, -0.1) is 0 Å². The maximum Gasteiger partial charge on any atom is 0.153 e. The van der Waals surface area contributed by atoms with E-state index >= 15 is 0 Å². The molecule has 0 aromatic heterocycles. The Labute approximate surface area is 81.8 Å². The highest BCUT2D eigenvalue weighted by Crippen LogP contribution is 2.02. The third-order valence-corrected chi connectivity index (χ3v) is 3.97. The van der Waals surface area contributed by atoms with Crippen molar-refractivity contribution in [2.45, 2.75) is 45.4 Å². The van der Waals surface area contributed by atoms with Gasteiger partial charge in [0.1, 0.15) is 0 Å². The van der Waals surface area contributed by atoms with Gasteiger partial charge < -0.3 is 5.32 Å². The van der Waals surface area contributed by atoms with E-state index in [0.717, 1.165) is 0 Å². The van der Waals surface area contributed by atoms with Gasteiger partial charge in [0.2, 0.25) is 0 Å². The summed E-state index contributed by atoms with van der Waals surface area (Å²) in [5.41, 5.74) is -0.00744. The molecule has 0 aliphatic carbocycles. The average molecular weight is 207 g/mol. The fourth-order valence-corrected chi connectivity index (χ4v) is 1.66. The molecular weight excluding hydrogens is 186 g/mol. The Bertz CT molecular complexity index is 237.